The number of alkyl halides is 3. The van der Waals surface area contributed by atoms with Crippen molar-refractivity contribution in [2.75, 3.05) is 24.5 Å². The van der Waals surface area contributed by atoms with Crippen LogP contribution in [0.15, 0.2) is 24.3 Å². The summed E-state index contributed by atoms with van der Waals surface area (Å²) in [5, 5.41) is 3.37. The van der Waals surface area contributed by atoms with E-state index >= 15 is 0 Å². The fourth-order valence-electron chi connectivity index (χ4n) is 2.20. The van der Waals surface area contributed by atoms with Gasteiger partial charge in [-0.3, -0.25) is 0 Å². The minimum Gasteiger partial charge on any atom is -0.406 e. The maximum Gasteiger partial charge on any atom is 0.573 e. The van der Waals surface area contributed by atoms with Crippen molar-refractivity contribution >= 4 is 5.69 Å². The maximum absolute atomic E-state index is 12.1. The number of hydrogen-bond acceptors (Lipinski definition) is 3. The molecule has 1 aromatic carbocycles. The van der Waals surface area contributed by atoms with Crippen molar-refractivity contribution in [1.82, 2.24) is 5.32 Å². The SMILES string of the molecule is CC1CN(c2ccc(OC(F)(F)F)cc2)CCCN1. The predicted molar refractivity (Wildman–Crippen MR) is 67.4 cm³/mol. The molecule has 1 aliphatic rings. The normalized spacial score (nSPS) is 21.1. The molecule has 1 atom stereocenters. The molecule has 2 rings (SSSR count). The van der Waals surface area contributed by atoms with Crippen molar-refractivity contribution in [1.29, 1.82) is 0 Å². The van der Waals surface area contributed by atoms with Crippen molar-refractivity contribution in [2.24, 2.45) is 0 Å². The number of rotatable bonds is 2. The first kappa shape index (κ1) is 14.0. The van der Waals surface area contributed by atoms with E-state index in [-0.39, 0.29) is 5.75 Å². The summed E-state index contributed by atoms with van der Waals surface area (Å²) in [5.41, 5.74) is 0.921. The van der Waals surface area contributed by atoms with E-state index in [0.29, 0.717) is 6.04 Å². The molecule has 0 spiro atoms. The maximum atomic E-state index is 12.1. The summed E-state index contributed by atoms with van der Waals surface area (Å²) in [6.45, 7) is 4.81. The van der Waals surface area contributed by atoms with E-state index in [1.54, 1.807) is 12.1 Å². The van der Waals surface area contributed by atoms with Gasteiger partial charge in [0.25, 0.3) is 0 Å². The standard InChI is InChI=1S/C13H17F3N2O/c1-10-9-18(8-2-7-17-10)11-3-5-12(6-4-11)19-13(14,15)16/h3-6,10,17H,2,7-9H2,1H3. The van der Waals surface area contributed by atoms with Crippen LogP contribution in [0.2, 0.25) is 0 Å². The molecule has 0 saturated carbocycles. The van der Waals surface area contributed by atoms with Gasteiger partial charge in [0.05, 0.1) is 0 Å². The Balaban J connectivity index is 2.04. The number of hydrogen-bond donors (Lipinski definition) is 1. The van der Waals surface area contributed by atoms with Gasteiger partial charge in [-0.05, 0) is 44.2 Å². The van der Waals surface area contributed by atoms with Gasteiger partial charge in [0.15, 0.2) is 0 Å². The first-order valence-corrected chi connectivity index (χ1v) is 6.28. The topological polar surface area (TPSA) is 24.5 Å². The smallest absolute Gasteiger partial charge is 0.406 e. The summed E-state index contributed by atoms with van der Waals surface area (Å²) < 4.78 is 40.0. The van der Waals surface area contributed by atoms with Gasteiger partial charge < -0.3 is 15.0 Å². The highest BCUT2D eigenvalue weighted by Gasteiger charge is 2.31. The van der Waals surface area contributed by atoms with Gasteiger partial charge in [-0.15, -0.1) is 13.2 Å². The highest BCUT2D eigenvalue weighted by molar-refractivity contribution is 5.49. The average molecular weight is 274 g/mol. The molecule has 6 heteroatoms. The Bertz CT molecular complexity index is 405. The molecule has 1 heterocycles. The quantitative estimate of drug-likeness (QED) is 0.897. The van der Waals surface area contributed by atoms with E-state index in [1.807, 2.05) is 0 Å². The molecule has 1 fully saturated rings. The summed E-state index contributed by atoms with van der Waals surface area (Å²) in [5.74, 6) is -0.183. The van der Waals surface area contributed by atoms with Crippen molar-refractivity contribution in [3.8, 4) is 5.75 Å². The third kappa shape index (κ3) is 4.31. The molecule has 0 bridgehead atoms. The van der Waals surface area contributed by atoms with Gasteiger partial charge in [0.2, 0.25) is 0 Å². The third-order valence-electron chi connectivity index (χ3n) is 3.03. The van der Waals surface area contributed by atoms with Gasteiger partial charge in [0, 0.05) is 24.8 Å². The molecule has 106 valence electrons. The lowest BCUT2D eigenvalue weighted by atomic mass is 10.2. The monoisotopic (exact) mass is 274 g/mol. The second-order valence-corrected chi connectivity index (χ2v) is 4.70. The Labute approximate surface area is 110 Å². The number of nitrogens with zero attached hydrogens (tertiary/aromatic N) is 1. The Morgan fingerprint density at radius 1 is 1.26 bits per heavy atom. The van der Waals surface area contributed by atoms with Gasteiger partial charge in [-0.25, -0.2) is 0 Å². The van der Waals surface area contributed by atoms with Crippen LogP contribution in [-0.4, -0.2) is 32.0 Å². The molecular formula is C13H17F3N2O. The third-order valence-corrected chi connectivity index (χ3v) is 3.03. The summed E-state index contributed by atoms with van der Waals surface area (Å²) in [6.07, 6.45) is -3.62. The predicted octanol–water partition coefficient (Wildman–Crippen LogP) is 2.77. The van der Waals surface area contributed by atoms with Crippen LogP contribution in [0.4, 0.5) is 18.9 Å². The molecule has 1 aromatic rings. The molecule has 1 N–H and O–H groups in total. The van der Waals surface area contributed by atoms with Crippen LogP contribution in [0.5, 0.6) is 5.75 Å². The summed E-state index contributed by atoms with van der Waals surface area (Å²) in [4.78, 5) is 2.17. The van der Waals surface area contributed by atoms with Crippen molar-refractivity contribution in [2.45, 2.75) is 25.7 Å². The number of ether oxygens (including phenoxy) is 1. The van der Waals surface area contributed by atoms with Crippen LogP contribution in [0, 0.1) is 0 Å². The summed E-state index contributed by atoms with van der Waals surface area (Å²) >= 11 is 0. The fourth-order valence-corrected chi connectivity index (χ4v) is 2.20. The lowest BCUT2D eigenvalue weighted by molar-refractivity contribution is -0.274. The first-order valence-electron chi connectivity index (χ1n) is 6.28. The second-order valence-electron chi connectivity index (χ2n) is 4.70. The largest absolute Gasteiger partial charge is 0.573 e. The van der Waals surface area contributed by atoms with Crippen LogP contribution in [0.1, 0.15) is 13.3 Å². The lowest BCUT2D eigenvalue weighted by Gasteiger charge is -2.25. The molecule has 0 amide bonds. The fraction of sp³-hybridized carbons (Fsp3) is 0.538. The molecule has 1 saturated heterocycles. The van der Waals surface area contributed by atoms with Crippen molar-refractivity contribution in [3.05, 3.63) is 24.3 Å². The Hall–Kier alpha value is -1.43. The van der Waals surface area contributed by atoms with E-state index in [1.165, 1.54) is 12.1 Å². The van der Waals surface area contributed by atoms with Crippen LogP contribution >= 0.6 is 0 Å². The molecule has 0 radical (unpaired) electrons. The minimum atomic E-state index is -4.64. The van der Waals surface area contributed by atoms with Gasteiger partial charge >= 0.3 is 6.36 Å². The molecule has 1 unspecified atom stereocenters. The van der Waals surface area contributed by atoms with Crippen molar-refractivity contribution < 1.29 is 17.9 Å². The van der Waals surface area contributed by atoms with E-state index < -0.39 is 6.36 Å². The molecule has 3 nitrogen and oxygen atoms in total. The zero-order valence-electron chi connectivity index (χ0n) is 10.7. The highest BCUT2D eigenvalue weighted by atomic mass is 19.4. The summed E-state index contributed by atoms with van der Waals surface area (Å²) in [7, 11) is 0. The van der Waals surface area contributed by atoms with Crippen LogP contribution in [0.3, 0.4) is 0 Å². The Morgan fingerprint density at radius 3 is 2.58 bits per heavy atom. The van der Waals surface area contributed by atoms with Crippen LogP contribution < -0.4 is 15.0 Å². The Kier molecular flexibility index (Phi) is 4.19. The van der Waals surface area contributed by atoms with Crippen LogP contribution in [0.25, 0.3) is 0 Å². The number of anilines is 1. The number of halogens is 3. The van der Waals surface area contributed by atoms with Crippen LogP contribution in [-0.2, 0) is 0 Å². The zero-order valence-corrected chi connectivity index (χ0v) is 10.7. The molecule has 1 aliphatic heterocycles. The minimum absolute atomic E-state index is 0.183. The average Bonchev–Trinajstić information content (AvgIpc) is 2.53. The van der Waals surface area contributed by atoms with Gasteiger partial charge in [0.1, 0.15) is 5.75 Å². The highest BCUT2D eigenvalue weighted by Crippen LogP contribution is 2.25. The second kappa shape index (κ2) is 5.69. The molecule has 0 aromatic heterocycles. The van der Waals surface area contributed by atoms with Gasteiger partial charge in [-0.2, -0.15) is 0 Å². The zero-order chi connectivity index (χ0) is 13.9. The molecule has 0 aliphatic carbocycles. The van der Waals surface area contributed by atoms with Crippen molar-refractivity contribution in [3.63, 3.8) is 0 Å². The van der Waals surface area contributed by atoms with E-state index in [0.717, 1.165) is 31.7 Å². The number of benzene rings is 1. The molecular weight excluding hydrogens is 257 g/mol. The summed E-state index contributed by atoms with van der Waals surface area (Å²) in [6, 6.07) is 6.41. The number of nitrogens with one attached hydrogen (secondary N) is 1. The van der Waals surface area contributed by atoms with Gasteiger partial charge in [-0.1, -0.05) is 0 Å². The Morgan fingerprint density at radius 2 is 1.95 bits per heavy atom. The van der Waals surface area contributed by atoms with E-state index in [2.05, 4.69) is 21.9 Å². The lowest BCUT2D eigenvalue weighted by Crippen LogP contribution is -2.35. The van der Waals surface area contributed by atoms with E-state index in [9.17, 15) is 13.2 Å². The first-order chi connectivity index (χ1) is 8.94. The van der Waals surface area contributed by atoms with E-state index in [4.69, 9.17) is 0 Å². The molecule has 19 heavy (non-hydrogen) atoms.